The normalized spacial score (nSPS) is 18.9. The maximum absolute atomic E-state index is 12.1. The highest BCUT2D eigenvalue weighted by Gasteiger charge is 2.47. The van der Waals surface area contributed by atoms with Crippen LogP contribution in [0.3, 0.4) is 0 Å². The number of rotatable bonds is 4. The predicted octanol–water partition coefficient (Wildman–Crippen LogP) is -0.358. The largest absolute Gasteiger partial charge is 0.387 e. The van der Waals surface area contributed by atoms with E-state index in [1.54, 1.807) is 6.92 Å². The lowest BCUT2D eigenvalue weighted by Crippen LogP contribution is -2.62. The maximum Gasteiger partial charge on any atom is 0.272 e. The summed E-state index contributed by atoms with van der Waals surface area (Å²) >= 11 is 0.788. The highest BCUT2D eigenvalue weighted by molar-refractivity contribution is 7.91. The first-order valence-electron chi connectivity index (χ1n) is 5.60. The Kier molecular flexibility index (Phi) is 3.60. The lowest BCUT2D eigenvalue weighted by Gasteiger charge is -2.44. The number of anilines is 1. The zero-order valence-electron chi connectivity index (χ0n) is 10.5. The van der Waals surface area contributed by atoms with Crippen LogP contribution in [-0.2, 0) is 14.8 Å². The summed E-state index contributed by atoms with van der Waals surface area (Å²) in [5, 5.41) is 19.5. The fourth-order valence-electron chi connectivity index (χ4n) is 1.63. The quantitative estimate of drug-likeness (QED) is 0.735. The van der Waals surface area contributed by atoms with Gasteiger partial charge in [0.15, 0.2) is 0 Å². The van der Waals surface area contributed by atoms with Crippen molar-refractivity contribution in [1.29, 1.82) is 0 Å². The molecule has 0 spiro atoms. The number of hydrogen-bond acceptors (Lipinski definition) is 7. The zero-order valence-corrected chi connectivity index (χ0v) is 12.1. The van der Waals surface area contributed by atoms with Gasteiger partial charge < -0.3 is 10.4 Å². The van der Waals surface area contributed by atoms with Crippen molar-refractivity contribution in [2.75, 3.05) is 18.4 Å². The SMILES string of the molecule is CCC1(O)CN(S(=O)(=O)c2nnc(NC(C)=O)s2)C1. The van der Waals surface area contributed by atoms with Crippen molar-refractivity contribution < 1.29 is 18.3 Å². The Morgan fingerprint density at radius 3 is 2.68 bits per heavy atom. The number of nitrogens with zero attached hydrogens (tertiary/aromatic N) is 3. The van der Waals surface area contributed by atoms with Crippen LogP contribution >= 0.6 is 11.3 Å². The van der Waals surface area contributed by atoms with E-state index >= 15 is 0 Å². The molecule has 8 nitrogen and oxygen atoms in total. The summed E-state index contributed by atoms with van der Waals surface area (Å²) in [5.74, 6) is -0.343. The molecule has 1 saturated heterocycles. The van der Waals surface area contributed by atoms with Crippen LogP contribution in [-0.4, -0.2) is 52.6 Å². The molecular weight excluding hydrogens is 292 g/mol. The number of aromatic nitrogens is 2. The van der Waals surface area contributed by atoms with Gasteiger partial charge in [-0.3, -0.25) is 4.79 Å². The van der Waals surface area contributed by atoms with Gasteiger partial charge in [0.2, 0.25) is 15.4 Å². The van der Waals surface area contributed by atoms with Gasteiger partial charge in [0.25, 0.3) is 10.0 Å². The molecule has 1 aliphatic heterocycles. The third kappa shape index (κ3) is 2.76. The number of hydrogen-bond donors (Lipinski definition) is 2. The number of carbonyl (C=O) groups excluding carboxylic acids is 1. The van der Waals surface area contributed by atoms with Crippen molar-refractivity contribution in [3.8, 4) is 0 Å². The fraction of sp³-hybridized carbons (Fsp3) is 0.667. The Hall–Kier alpha value is -1.10. The van der Waals surface area contributed by atoms with Crippen LogP contribution in [0.2, 0.25) is 0 Å². The molecule has 0 radical (unpaired) electrons. The van der Waals surface area contributed by atoms with Crippen LogP contribution < -0.4 is 5.32 Å². The maximum atomic E-state index is 12.1. The van der Waals surface area contributed by atoms with E-state index in [1.807, 2.05) is 0 Å². The topological polar surface area (TPSA) is 112 Å². The highest BCUT2D eigenvalue weighted by Crippen LogP contribution is 2.32. The lowest BCUT2D eigenvalue weighted by molar-refractivity contribution is -0.114. The van der Waals surface area contributed by atoms with Crippen molar-refractivity contribution in [3.05, 3.63) is 0 Å². The minimum Gasteiger partial charge on any atom is -0.387 e. The summed E-state index contributed by atoms with van der Waals surface area (Å²) in [5.41, 5.74) is -0.946. The zero-order chi connectivity index (χ0) is 14.3. The predicted molar refractivity (Wildman–Crippen MR) is 68.2 cm³/mol. The van der Waals surface area contributed by atoms with Gasteiger partial charge in [-0.1, -0.05) is 18.3 Å². The first-order valence-corrected chi connectivity index (χ1v) is 7.86. The average molecular weight is 306 g/mol. The van der Waals surface area contributed by atoms with Gasteiger partial charge in [-0.2, -0.15) is 4.31 Å². The van der Waals surface area contributed by atoms with Crippen LogP contribution in [0.1, 0.15) is 20.3 Å². The van der Waals surface area contributed by atoms with Crippen molar-refractivity contribution in [2.45, 2.75) is 30.2 Å². The molecule has 1 amide bonds. The van der Waals surface area contributed by atoms with E-state index in [2.05, 4.69) is 15.5 Å². The monoisotopic (exact) mass is 306 g/mol. The summed E-state index contributed by atoms with van der Waals surface area (Å²) in [6.45, 7) is 3.21. The van der Waals surface area contributed by atoms with Crippen LogP contribution in [0.15, 0.2) is 4.34 Å². The molecular formula is C9H14N4O4S2. The second kappa shape index (κ2) is 4.78. The lowest BCUT2D eigenvalue weighted by atomic mass is 9.94. The second-order valence-electron chi connectivity index (χ2n) is 4.41. The Labute approximate surface area is 114 Å². The summed E-state index contributed by atoms with van der Waals surface area (Å²) in [4.78, 5) is 10.8. The number of β-amino-alcohol motifs (C(OH)–C–C–N with tert-alkyl or cyclic N) is 1. The van der Waals surface area contributed by atoms with Crippen molar-refractivity contribution in [2.24, 2.45) is 0 Å². The average Bonchev–Trinajstić information content (AvgIpc) is 2.72. The van der Waals surface area contributed by atoms with Gasteiger partial charge in [0.1, 0.15) is 0 Å². The second-order valence-corrected chi connectivity index (χ2v) is 7.49. The molecule has 2 heterocycles. The smallest absolute Gasteiger partial charge is 0.272 e. The van der Waals surface area contributed by atoms with Gasteiger partial charge in [0.05, 0.1) is 5.60 Å². The molecule has 1 aromatic rings. The summed E-state index contributed by atoms with van der Waals surface area (Å²) in [7, 11) is -3.73. The molecule has 0 aliphatic carbocycles. The van der Waals surface area contributed by atoms with E-state index in [0.29, 0.717) is 6.42 Å². The summed E-state index contributed by atoms with van der Waals surface area (Å²) in [6, 6.07) is 0. The Balaban J connectivity index is 2.13. The van der Waals surface area contributed by atoms with E-state index in [1.165, 1.54) is 6.92 Å². The molecule has 106 valence electrons. The number of amides is 1. The van der Waals surface area contributed by atoms with Crippen molar-refractivity contribution in [1.82, 2.24) is 14.5 Å². The summed E-state index contributed by atoms with van der Waals surface area (Å²) in [6.07, 6.45) is 0.492. The van der Waals surface area contributed by atoms with E-state index in [4.69, 9.17) is 0 Å². The Morgan fingerprint density at radius 2 is 2.16 bits per heavy atom. The molecule has 0 bridgehead atoms. The number of aliphatic hydroxyl groups is 1. The van der Waals surface area contributed by atoms with Gasteiger partial charge >= 0.3 is 0 Å². The standard InChI is InChI=1S/C9H14N4O4S2/c1-3-9(15)4-13(5-9)19(16,17)8-12-11-7(18-8)10-6(2)14/h15H,3-5H2,1-2H3,(H,10,11,14). The molecule has 0 atom stereocenters. The van der Waals surface area contributed by atoms with Gasteiger partial charge in [-0.25, -0.2) is 8.42 Å². The van der Waals surface area contributed by atoms with Gasteiger partial charge in [-0.05, 0) is 6.42 Å². The Bertz CT molecular complexity index is 591. The fourth-order valence-corrected chi connectivity index (χ4v) is 4.31. The molecule has 2 rings (SSSR count). The van der Waals surface area contributed by atoms with E-state index < -0.39 is 15.6 Å². The van der Waals surface area contributed by atoms with Crippen LogP contribution in [0.25, 0.3) is 0 Å². The number of nitrogens with one attached hydrogen (secondary N) is 1. The van der Waals surface area contributed by atoms with E-state index in [0.717, 1.165) is 15.6 Å². The van der Waals surface area contributed by atoms with Crippen LogP contribution in [0.4, 0.5) is 5.13 Å². The minimum atomic E-state index is -3.73. The third-order valence-electron chi connectivity index (χ3n) is 2.85. The first kappa shape index (κ1) is 14.3. The molecule has 0 aromatic carbocycles. The molecule has 1 aromatic heterocycles. The molecule has 2 N–H and O–H groups in total. The summed E-state index contributed by atoms with van der Waals surface area (Å²) < 4.78 is 25.2. The molecule has 0 unspecified atom stereocenters. The minimum absolute atomic E-state index is 0.0564. The van der Waals surface area contributed by atoms with Crippen LogP contribution in [0, 0.1) is 0 Å². The van der Waals surface area contributed by atoms with Gasteiger partial charge in [-0.15, -0.1) is 10.2 Å². The molecule has 10 heteroatoms. The number of sulfonamides is 1. The first-order chi connectivity index (χ1) is 8.77. The molecule has 1 fully saturated rings. The van der Waals surface area contributed by atoms with E-state index in [9.17, 15) is 18.3 Å². The molecule has 0 saturated carbocycles. The van der Waals surface area contributed by atoms with Gasteiger partial charge in [0, 0.05) is 20.0 Å². The van der Waals surface area contributed by atoms with E-state index in [-0.39, 0.29) is 28.5 Å². The number of carbonyl (C=O) groups is 1. The molecule has 1 aliphatic rings. The van der Waals surface area contributed by atoms with Crippen LogP contribution in [0.5, 0.6) is 0 Å². The third-order valence-corrected chi connectivity index (χ3v) is 5.83. The van der Waals surface area contributed by atoms with Crippen molar-refractivity contribution >= 4 is 32.4 Å². The van der Waals surface area contributed by atoms with Crippen molar-refractivity contribution in [3.63, 3.8) is 0 Å². The Morgan fingerprint density at radius 1 is 1.53 bits per heavy atom. The highest BCUT2D eigenvalue weighted by atomic mass is 32.2. The molecule has 19 heavy (non-hydrogen) atoms.